The minimum atomic E-state index is -1.26. The van der Waals surface area contributed by atoms with Gasteiger partial charge in [0.05, 0.1) is 0 Å². The van der Waals surface area contributed by atoms with E-state index < -0.39 is 5.60 Å². The molecule has 26 heavy (non-hydrogen) atoms. The van der Waals surface area contributed by atoms with Gasteiger partial charge >= 0.3 is 0 Å². The molecule has 2 unspecified atom stereocenters. The maximum atomic E-state index is 12.8. The van der Waals surface area contributed by atoms with Crippen molar-refractivity contribution >= 4 is 5.91 Å². The van der Waals surface area contributed by atoms with Crippen molar-refractivity contribution in [1.82, 2.24) is 5.32 Å². The normalized spacial score (nSPS) is 25.9. The first-order chi connectivity index (χ1) is 12.4. The van der Waals surface area contributed by atoms with E-state index in [2.05, 4.69) is 26.1 Å². The van der Waals surface area contributed by atoms with Crippen LogP contribution in [0.25, 0.3) is 0 Å². The molecule has 1 aromatic carbocycles. The van der Waals surface area contributed by atoms with E-state index in [9.17, 15) is 9.90 Å². The van der Waals surface area contributed by atoms with Gasteiger partial charge < -0.3 is 20.9 Å². The van der Waals surface area contributed by atoms with Crippen molar-refractivity contribution in [3.05, 3.63) is 29.8 Å². The second kappa shape index (κ2) is 9.38. The molecule has 0 aromatic heterocycles. The van der Waals surface area contributed by atoms with E-state index in [0.29, 0.717) is 38.5 Å². The van der Waals surface area contributed by atoms with Crippen molar-refractivity contribution in [2.45, 2.75) is 52.1 Å². The standard InChI is InChI=1S/C21H34N2O3/c1-15(2)18-9-8-16(3)14-21(18,25)20(24)23-12-10-17-6-4-5-7-19(17)26-13-11-22/h4-7,15-16,18,25H,8-14,22H2,1-3H3,(H,23,24)/t16?,18?,21-/m1/s1. The van der Waals surface area contributed by atoms with Gasteiger partial charge in [-0.15, -0.1) is 0 Å². The van der Waals surface area contributed by atoms with Gasteiger partial charge in [0.25, 0.3) is 5.91 Å². The molecule has 0 saturated heterocycles. The van der Waals surface area contributed by atoms with Crippen molar-refractivity contribution in [3.63, 3.8) is 0 Å². The lowest BCUT2D eigenvalue weighted by Gasteiger charge is -2.43. The van der Waals surface area contributed by atoms with E-state index >= 15 is 0 Å². The maximum Gasteiger partial charge on any atom is 0.252 e. The first kappa shape index (κ1) is 20.7. The number of hydrogen-bond acceptors (Lipinski definition) is 4. The Bertz CT molecular complexity index is 590. The Morgan fingerprint density at radius 3 is 2.81 bits per heavy atom. The molecule has 0 aliphatic heterocycles. The largest absolute Gasteiger partial charge is 0.492 e. The first-order valence-corrected chi connectivity index (χ1v) is 9.80. The third-order valence-electron chi connectivity index (χ3n) is 5.47. The molecule has 0 heterocycles. The summed E-state index contributed by atoms with van der Waals surface area (Å²) in [6.07, 6.45) is 3.17. The topological polar surface area (TPSA) is 84.6 Å². The van der Waals surface area contributed by atoms with Crippen LogP contribution < -0.4 is 15.8 Å². The molecule has 0 bridgehead atoms. The van der Waals surface area contributed by atoms with E-state index in [1.807, 2.05) is 24.3 Å². The Morgan fingerprint density at radius 1 is 1.38 bits per heavy atom. The SMILES string of the molecule is CC1CCC(C(C)C)[C@@](O)(C(=O)NCCc2ccccc2OCCN)C1. The van der Waals surface area contributed by atoms with Crippen LogP contribution in [-0.4, -0.2) is 36.3 Å². The zero-order valence-corrected chi connectivity index (χ0v) is 16.3. The van der Waals surface area contributed by atoms with Crippen molar-refractivity contribution in [2.75, 3.05) is 19.7 Å². The highest BCUT2D eigenvalue weighted by Gasteiger charge is 2.48. The molecule has 0 radical (unpaired) electrons. The molecule has 1 aliphatic rings. The maximum absolute atomic E-state index is 12.8. The lowest BCUT2D eigenvalue weighted by atomic mass is 9.66. The van der Waals surface area contributed by atoms with Crippen molar-refractivity contribution < 1.29 is 14.6 Å². The Hall–Kier alpha value is -1.59. The van der Waals surface area contributed by atoms with E-state index in [1.54, 1.807) is 0 Å². The highest BCUT2D eigenvalue weighted by Crippen LogP contribution is 2.41. The second-order valence-electron chi connectivity index (χ2n) is 7.91. The molecule has 0 spiro atoms. The van der Waals surface area contributed by atoms with Crippen LogP contribution in [0.15, 0.2) is 24.3 Å². The predicted molar refractivity (Wildman–Crippen MR) is 104 cm³/mol. The molecule has 1 amide bonds. The molecule has 3 atom stereocenters. The van der Waals surface area contributed by atoms with Gasteiger partial charge in [-0.2, -0.15) is 0 Å². The molecular formula is C21H34N2O3. The van der Waals surface area contributed by atoms with Gasteiger partial charge in [-0.05, 0) is 48.6 Å². The summed E-state index contributed by atoms with van der Waals surface area (Å²) >= 11 is 0. The number of aliphatic hydroxyl groups is 1. The molecule has 1 aliphatic carbocycles. The van der Waals surface area contributed by atoms with E-state index in [1.165, 1.54) is 0 Å². The minimum Gasteiger partial charge on any atom is -0.492 e. The van der Waals surface area contributed by atoms with Gasteiger partial charge in [0.2, 0.25) is 0 Å². The average molecular weight is 363 g/mol. The summed E-state index contributed by atoms with van der Waals surface area (Å²) in [6.45, 7) is 7.70. The van der Waals surface area contributed by atoms with Crippen molar-refractivity contribution in [1.29, 1.82) is 0 Å². The molecule has 1 saturated carbocycles. The number of ether oxygens (including phenoxy) is 1. The number of carbonyl (C=O) groups is 1. The minimum absolute atomic E-state index is 0.0128. The fraction of sp³-hybridized carbons (Fsp3) is 0.667. The third kappa shape index (κ3) is 4.98. The molecule has 4 N–H and O–H groups in total. The highest BCUT2D eigenvalue weighted by molar-refractivity contribution is 5.85. The molecule has 5 nitrogen and oxygen atoms in total. The number of nitrogens with two attached hydrogens (primary N) is 1. The zero-order valence-electron chi connectivity index (χ0n) is 16.3. The van der Waals surface area contributed by atoms with Crippen LogP contribution in [0.4, 0.5) is 0 Å². The number of para-hydroxylation sites is 1. The number of benzene rings is 1. The summed E-state index contributed by atoms with van der Waals surface area (Å²) in [5.74, 6) is 1.23. The fourth-order valence-electron chi connectivity index (χ4n) is 4.12. The summed E-state index contributed by atoms with van der Waals surface area (Å²) in [5, 5.41) is 14.1. The van der Waals surface area contributed by atoms with Crippen LogP contribution in [0.1, 0.15) is 45.6 Å². The molecule has 2 rings (SSSR count). The van der Waals surface area contributed by atoms with Crippen LogP contribution in [-0.2, 0) is 11.2 Å². The van der Waals surface area contributed by atoms with Crippen LogP contribution in [0, 0.1) is 17.8 Å². The van der Waals surface area contributed by atoms with Gasteiger partial charge in [-0.3, -0.25) is 4.79 Å². The van der Waals surface area contributed by atoms with Gasteiger partial charge in [0, 0.05) is 13.1 Å². The zero-order chi connectivity index (χ0) is 19.2. The number of rotatable bonds is 8. The number of amides is 1. The fourth-order valence-corrected chi connectivity index (χ4v) is 4.12. The average Bonchev–Trinajstić information content (AvgIpc) is 2.60. The van der Waals surface area contributed by atoms with Gasteiger partial charge in [-0.1, -0.05) is 45.4 Å². The molecule has 1 fully saturated rings. The lowest BCUT2D eigenvalue weighted by molar-refractivity contribution is -0.155. The first-order valence-electron chi connectivity index (χ1n) is 9.80. The third-order valence-corrected chi connectivity index (χ3v) is 5.47. The second-order valence-corrected chi connectivity index (χ2v) is 7.91. The van der Waals surface area contributed by atoms with Gasteiger partial charge in [0.15, 0.2) is 0 Å². The lowest BCUT2D eigenvalue weighted by Crippen LogP contribution is -2.56. The van der Waals surface area contributed by atoms with Gasteiger partial charge in [0.1, 0.15) is 18.0 Å². The Labute approximate surface area is 157 Å². The van der Waals surface area contributed by atoms with E-state index in [4.69, 9.17) is 10.5 Å². The van der Waals surface area contributed by atoms with E-state index in [0.717, 1.165) is 24.2 Å². The molecule has 5 heteroatoms. The summed E-state index contributed by atoms with van der Waals surface area (Å²) in [7, 11) is 0. The Morgan fingerprint density at radius 2 is 2.12 bits per heavy atom. The van der Waals surface area contributed by atoms with Crippen LogP contribution in [0.5, 0.6) is 5.75 Å². The quantitative estimate of drug-likeness (QED) is 0.663. The number of hydrogen-bond donors (Lipinski definition) is 3. The molecule has 1 aromatic rings. The summed E-state index contributed by atoms with van der Waals surface area (Å²) in [6, 6.07) is 7.79. The summed E-state index contributed by atoms with van der Waals surface area (Å²) in [5.41, 5.74) is 5.27. The van der Waals surface area contributed by atoms with Crippen LogP contribution >= 0.6 is 0 Å². The molecule has 146 valence electrons. The van der Waals surface area contributed by atoms with Crippen molar-refractivity contribution in [2.24, 2.45) is 23.5 Å². The van der Waals surface area contributed by atoms with Crippen LogP contribution in [0.3, 0.4) is 0 Å². The Kier molecular flexibility index (Phi) is 7.47. The smallest absolute Gasteiger partial charge is 0.252 e. The summed E-state index contributed by atoms with van der Waals surface area (Å²) in [4.78, 5) is 12.8. The van der Waals surface area contributed by atoms with Gasteiger partial charge in [-0.25, -0.2) is 0 Å². The molecular weight excluding hydrogens is 328 g/mol. The van der Waals surface area contributed by atoms with Crippen molar-refractivity contribution in [3.8, 4) is 5.75 Å². The van der Waals surface area contributed by atoms with Crippen LogP contribution in [0.2, 0.25) is 0 Å². The summed E-state index contributed by atoms with van der Waals surface area (Å²) < 4.78 is 5.66. The Balaban J connectivity index is 1.97. The number of carbonyl (C=O) groups excluding carboxylic acids is 1. The highest BCUT2D eigenvalue weighted by atomic mass is 16.5. The van der Waals surface area contributed by atoms with E-state index in [-0.39, 0.29) is 17.7 Å². The number of nitrogens with one attached hydrogen (secondary N) is 1. The monoisotopic (exact) mass is 362 g/mol. The predicted octanol–water partition coefficient (Wildman–Crippen LogP) is 2.51.